The van der Waals surface area contributed by atoms with Crippen molar-refractivity contribution in [3.8, 4) is 17.6 Å². The van der Waals surface area contributed by atoms with Gasteiger partial charge in [0, 0.05) is 34.9 Å². The predicted octanol–water partition coefficient (Wildman–Crippen LogP) is 4.55. The quantitative estimate of drug-likeness (QED) is 0.204. The lowest BCUT2D eigenvalue weighted by Gasteiger charge is -2.39. The number of anilines is 2. The van der Waals surface area contributed by atoms with Crippen molar-refractivity contribution in [2.24, 2.45) is 10.7 Å². The third-order valence-corrected chi connectivity index (χ3v) is 10.9. The van der Waals surface area contributed by atoms with Crippen LogP contribution in [0.4, 0.5) is 10.8 Å². The summed E-state index contributed by atoms with van der Waals surface area (Å²) < 4.78 is 6.21. The summed E-state index contributed by atoms with van der Waals surface area (Å²) in [5.74, 6) is 1.70. The van der Waals surface area contributed by atoms with E-state index in [9.17, 15) is 10.4 Å². The number of likely N-dealkylation sites (tertiary alicyclic amines) is 1. The molecular weight excluding hydrogens is 613 g/mol. The molecule has 1 fully saturated rings. The standard InChI is InChI=1S/C34H44N10O2S/c1-19(24-9-7-15-44(24)4)41-31-22(27(37)23(36)11-14-39-18-33(2,3)45)17-40-32(42-31)28-20-8-5-12-34(29(20)46-43-28)13-6-10-25-26(34)21(16-35)30(38)47-25/h11,14,17,19,24,37,45H,5-10,12-13,15,18,36,38H2,1-4H3,(H,40,41,42)/b23-11-,37-27?,39-14?. The summed E-state index contributed by atoms with van der Waals surface area (Å²) in [6, 6.07) is 2.73. The molecule has 3 aliphatic rings. The number of rotatable bonds is 9. The molecule has 1 aliphatic heterocycles. The molecule has 1 spiro atoms. The fourth-order valence-electron chi connectivity index (χ4n) is 7.53. The third-order valence-electron chi connectivity index (χ3n) is 9.77. The number of nitrogens with one attached hydrogen (secondary N) is 2. The van der Waals surface area contributed by atoms with Crippen LogP contribution in [0.15, 0.2) is 27.5 Å². The zero-order valence-corrected chi connectivity index (χ0v) is 28.4. The highest BCUT2D eigenvalue weighted by Crippen LogP contribution is 2.55. The Morgan fingerprint density at radius 2 is 2.13 bits per heavy atom. The van der Waals surface area contributed by atoms with Gasteiger partial charge in [-0.05, 0) is 97.4 Å². The molecule has 248 valence electrons. The first-order valence-corrected chi connectivity index (χ1v) is 17.2. The number of nitrogens with two attached hydrogens (primary N) is 2. The van der Waals surface area contributed by atoms with Crippen LogP contribution in [0.1, 0.15) is 92.2 Å². The molecule has 0 amide bonds. The van der Waals surface area contributed by atoms with Crippen molar-refractivity contribution in [2.75, 3.05) is 31.2 Å². The summed E-state index contributed by atoms with van der Waals surface area (Å²) in [4.78, 5) is 17.4. The Kier molecular flexibility index (Phi) is 8.95. The van der Waals surface area contributed by atoms with E-state index in [1.54, 1.807) is 26.1 Å². The summed E-state index contributed by atoms with van der Waals surface area (Å²) in [5.41, 5.74) is 15.2. The number of allylic oxidation sites excluding steroid dienone is 2. The van der Waals surface area contributed by atoms with Gasteiger partial charge in [-0.15, -0.1) is 11.3 Å². The second-order valence-corrected chi connectivity index (χ2v) is 14.9. The molecule has 6 rings (SSSR count). The van der Waals surface area contributed by atoms with E-state index in [4.69, 9.17) is 31.4 Å². The molecule has 3 atom stereocenters. The van der Waals surface area contributed by atoms with Crippen LogP contribution in [0.25, 0.3) is 11.5 Å². The Bertz CT molecular complexity index is 1770. The lowest BCUT2D eigenvalue weighted by Crippen LogP contribution is -2.39. The Morgan fingerprint density at radius 1 is 1.36 bits per heavy atom. The van der Waals surface area contributed by atoms with Gasteiger partial charge in [-0.3, -0.25) is 10.4 Å². The van der Waals surface area contributed by atoms with Crippen molar-refractivity contribution in [3.05, 3.63) is 50.9 Å². The molecule has 1 saturated heterocycles. The number of hydrogen-bond donors (Lipinski definition) is 5. The van der Waals surface area contributed by atoms with Gasteiger partial charge in [-0.1, -0.05) is 5.16 Å². The topological polar surface area (TPSA) is 199 Å². The Morgan fingerprint density at radius 3 is 2.83 bits per heavy atom. The molecule has 3 unspecified atom stereocenters. The van der Waals surface area contributed by atoms with Crippen molar-refractivity contribution in [2.45, 2.75) is 95.2 Å². The van der Waals surface area contributed by atoms with Crippen molar-refractivity contribution < 1.29 is 9.63 Å². The van der Waals surface area contributed by atoms with Crippen LogP contribution in [0.3, 0.4) is 0 Å². The van der Waals surface area contributed by atoms with Crippen molar-refractivity contribution in [3.63, 3.8) is 0 Å². The van der Waals surface area contributed by atoms with Gasteiger partial charge in [0.25, 0.3) is 0 Å². The molecule has 2 aliphatic carbocycles. The number of nitrogens with zero attached hydrogens (tertiary/aromatic N) is 6. The number of nitrogen functional groups attached to an aromatic ring is 1. The first kappa shape index (κ1) is 32.8. The second-order valence-electron chi connectivity index (χ2n) is 13.8. The molecule has 0 aromatic carbocycles. The van der Waals surface area contributed by atoms with Crippen LogP contribution in [-0.4, -0.2) is 74.9 Å². The van der Waals surface area contributed by atoms with E-state index in [1.165, 1.54) is 22.4 Å². The molecule has 7 N–H and O–H groups in total. The van der Waals surface area contributed by atoms with Crippen LogP contribution in [0.2, 0.25) is 0 Å². The maximum Gasteiger partial charge on any atom is 0.184 e. The van der Waals surface area contributed by atoms with Crippen LogP contribution in [0.5, 0.6) is 0 Å². The smallest absolute Gasteiger partial charge is 0.184 e. The second kappa shape index (κ2) is 12.8. The minimum atomic E-state index is -0.939. The van der Waals surface area contributed by atoms with Gasteiger partial charge >= 0.3 is 0 Å². The van der Waals surface area contributed by atoms with E-state index in [0.29, 0.717) is 39.5 Å². The van der Waals surface area contributed by atoms with Crippen LogP contribution in [0, 0.1) is 16.7 Å². The van der Waals surface area contributed by atoms with Crippen molar-refractivity contribution in [1.82, 2.24) is 20.0 Å². The highest BCUT2D eigenvalue weighted by Gasteiger charge is 2.48. The summed E-state index contributed by atoms with van der Waals surface area (Å²) in [6.07, 6.45) is 12.2. The number of thiophene rings is 1. The van der Waals surface area contributed by atoms with Gasteiger partial charge in [0.1, 0.15) is 16.9 Å². The summed E-state index contributed by atoms with van der Waals surface area (Å²) in [7, 11) is 2.13. The first-order chi connectivity index (χ1) is 22.4. The zero-order chi connectivity index (χ0) is 33.5. The van der Waals surface area contributed by atoms with Crippen LogP contribution in [-0.2, 0) is 18.3 Å². The fraction of sp³-hybridized carbons (Fsp3) is 0.529. The van der Waals surface area contributed by atoms with Gasteiger partial charge < -0.3 is 31.3 Å². The van der Waals surface area contributed by atoms with E-state index in [-0.39, 0.29) is 24.0 Å². The van der Waals surface area contributed by atoms with Gasteiger partial charge in [0.15, 0.2) is 17.3 Å². The number of aromatic nitrogens is 3. The monoisotopic (exact) mass is 656 g/mol. The van der Waals surface area contributed by atoms with E-state index in [0.717, 1.165) is 74.8 Å². The number of aliphatic hydroxyl groups is 1. The number of fused-ring (bicyclic) bond motifs is 4. The summed E-state index contributed by atoms with van der Waals surface area (Å²) in [5, 5.41) is 37.7. The Balaban J connectivity index is 1.39. The van der Waals surface area contributed by atoms with Crippen LogP contribution >= 0.6 is 11.3 Å². The Labute approximate surface area is 279 Å². The SMILES string of the molecule is CC(Nc1nc(-c2noc3c2CCCC32CCCc3sc(N)c(C#N)c32)ncc1C(=N)/C(N)=C/C=NCC(C)(C)O)C1CCCN1C. The molecule has 0 radical (unpaired) electrons. The third kappa shape index (κ3) is 6.17. The lowest BCUT2D eigenvalue weighted by atomic mass is 9.63. The molecule has 47 heavy (non-hydrogen) atoms. The van der Waals surface area contributed by atoms with Crippen LogP contribution < -0.4 is 16.8 Å². The van der Waals surface area contributed by atoms with Gasteiger partial charge in [-0.25, -0.2) is 9.97 Å². The maximum absolute atomic E-state index is 10.1. The largest absolute Gasteiger partial charge is 0.397 e. The highest BCUT2D eigenvalue weighted by molar-refractivity contribution is 7.16. The minimum absolute atomic E-state index is 0.0407. The molecule has 0 saturated carbocycles. The number of aliphatic imine (C=N–C) groups is 1. The zero-order valence-electron chi connectivity index (χ0n) is 27.6. The number of hydrogen-bond acceptors (Lipinski definition) is 13. The first-order valence-electron chi connectivity index (χ1n) is 16.4. The molecular formula is C34H44N10O2S. The molecule has 4 heterocycles. The molecule has 3 aromatic rings. The average molecular weight is 657 g/mol. The molecule has 12 nitrogen and oxygen atoms in total. The van der Waals surface area contributed by atoms with E-state index in [1.807, 2.05) is 0 Å². The number of aryl methyl sites for hydroxylation is 1. The minimum Gasteiger partial charge on any atom is -0.397 e. The number of nitriles is 1. The molecule has 13 heteroatoms. The molecule has 0 bridgehead atoms. The summed E-state index contributed by atoms with van der Waals surface area (Å²) >= 11 is 1.52. The molecule has 3 aromatic heterocycles. The van der Waals surface area contributed by atoms with Crippen molar-refractivity contribution in [1.29, 1.82) is 10.7 Å². The predicted molar refractivity (Wildman–Crippen MR) is 185 cm³/mol. The Hall–Kier alpha value is -4.12. The van der Waals surface area contributed by atoms with Gasteiger partial charge in [-0.2, -0.15) is 5.26 Å². The lowest BCUT2D eigenvalue weighted by molar-refractivity contribution is 0.0906. The maximum atomic E-state index is 10.1. The normalized spacial score (nSPS) is 22.3. The van der Waals surface area contributed by atoms with E-state index >= 15 is 0 Å². The van der Waals surface area contributed by atoms with E-state index < -0.39 is 11.0 Å². The average Bonchev–Trinajstić information content (AvgIpc) is 3.75. The highest BCUT2D eigenvalue weighted by atomic mass is 32.1. The van der Waals surface area contributed by atoms with Gasteiger partial charge in [0.2, 0.25) is 0 Å². The van der Waals surface area contributed by atoms with E-state index in [2.05, 4.69) is 40.4 Å². The fourth-order valence-corrected chi connectivity index (χ4v) is 8.69. The number of likely N-dealkylation sites (N-methyl/N-ethyl adjacent to an activating group) is 1. The van der Waals surface area contributed by atoms with Gasteiger partial charge in [0.05, 0.1) is 40.1 Å². The summed E-state index contributed by atoms with van der Waals surface area (Å²) in [6.45, 7) is 6.74. The van der Waals surface area contributed by atoms with Crippen molar-refractivity contribution >= 4 is 34.1 Å².